The maximum atomic E-state index is 5.94. The van der Waals surface area contributed by atoms with Crippen LogP contribution >= 0.6 is 22.9 Å². The second kappa shape index (κ2) is 8.48. The highest BCUT2D eigenvalue weighted by Crippen LogP contribution is 2.22. The summed E-state index contributed by atoms with van der Waals surface area (Å²) in [6, 6.07) is 4.03. The van der Waals surface area contributed by atoms with Crippen LogP contribution in [0.5, 0.6) is 0 Å². The fraction of sp³-hybridized carbons (Fsp3) is 0.571. The third-order valence-corrected chi connectivity index (χ3v) is 4.30. The van der Waals surface area contributed by atoms with Crippen LogP contribution in [0.4, 0.5) is 0 Å². The summed E-state index contributed by atoms with van der Waals surface area (Å²) in [6.07, 6.45) is 3.14. The lowest BCUT2D eigenvalue weighted by atomic mass is 10.4. The Kier molecular flexibility index (Phi) is 6.63. The van der Waals surface area contributed by atoms with E-state index >= 15 is 0 Å². The second-order valence-electron chi connectivity index (χ2n) is 5.09. The first-order valence-corrected chi connectivity index (χ1v) is 8.39. The van der Waals surface area contributed by atoms with Crippen molar-refractivity contribution in [1.29, 1.82) is 0 Å². The van der Waals surface area contributed by atoms with E-state index in [-0.39, 0.29) is 0 Å². The van der Waals surface area contributed by atoms with Crippen LogP contribution in [0.1, 0.15) is 23.9 Å². The summed E-state index contributed by atoms with van der Waals surface area (Å²) in [5, 5.41) is 11.7. The van der Waals surface area contributed by atoms with Gasteiger partial charge in [-0.15, -0.1) is 16.4 Å². The molecule has 0 aromatic carbocycles. The van der Waals surface area contributed by atoms with E-state index in [1.165, 1.54) is 4.88 Å². The van der Waals surface area contributed by atoms with Crippen LogP contribution in [-0.4, -0.2) is 40.0 Å². The van der Waals surface area contributed by atoms with Gasteiger partial charge in [0.05, 0.1) is 16.6 Å². The number of likely N-dealkylation sites (N-methyl/N-ethyl adjacent to an activating group) is 1. The van der Waals surface area contributed by atoms with Gasteiger partial charge in [0.2, 0.25) is 0 Å². The van der Waals surface area contributed by atoms with Crippen molar-refractivity contribution in [2.75, 3.05) is 20.1 Å². The van der Waals surface area contributed by atoms with Crippen LogP contribution in [0.3, 0.4) is 0 Å². The van der Waals surface area contributed by atoms with Gasteiger partial charge in [-0.05, 0) is 32.1 Å². The highest BCUT2D eigenvalue weighted by Gasteiger charge is 2.05. The summed E-state index contributed by atoms with van der Waals surface area (Å²) in [5.41, 5.74) is 0.996. The van der Waals surface area contributed by atoms with Crippen molar-refractivity contribution in [3.8, 4) is 0 Å². The first-order valence-electron chi connectivity index (χ1n) is 7.20. The topological polar surface area (TPSA) is 46.0 Å². The first-order chi connectivity index (χ1) is 10.2. The Bertz CT molecular complexity index is 539. The zero-order valence-electron chi connectivity index (χ0n) is 12.5. The van der Waals surface area contributed by atoms with E-state index < -0.39 is 0 Å². The minimum absolute atomic E-state index is 0.789. The van der Waals surface area contributed by atoms with Gasteiger partial charge in [-0.2, -0.15) is 0 Å². The third kappa shape index (κ3) is 5.74. The van der Waals surface area contributed by atoms with Crippen molar-refractivity contribution >= 4 is 22.9 Å². The van der Waals surface area contributed by atoms with Crippen LogP contribution in [0.15, 0.2) is 18.3 Å². The smallest absolute Gasteiger partial charge is 0.0964 e. The number of halogens is 1. The van der Waals surface area contributed by atoms with Crippen molar-refractivity contribution < 1.29 is 0 Å². The molecule has 2 rings (SSSR count). The van der Waals surface area contributed by atoms with Crippen LogP contribution < -0.4 is 5.32 Å². The normalized spacial score (nSPS) is 11.4. The maximum absolute atomic E-state index is 5.94. The number of hydrogen-bond donors (Lipinski definition) is 1. The van der Waals surface area contributed by atoms with Crippen molar-refractivity contribution in [1.82, 2.24) is 25.2 Å². The van der Waals surface area contributed by atoms with Gasteiger partial charge in [0.1, 0.15) is 0 Å². The SMILES string of the molecule is CCCNCc1cn(CCN(C)Cc2ccc(Cl)s2)nn1. The molecule has 0 atom stereocenters. The van der Waals surface area contributed by atoms with Gasteiger partial charge >= 0.3 is 0 Å². The number of thiophene rings is 1. The Balaban J connectivity index is 1.72. The molecule has 0 aliphatic carbocycles. The van der Waals surface area contributed by atoms with Crippen molar-refractivity contribution in [2.45, 2.75) is 33.0 Å². The Morgan fingerprint density at radius 1 is 1.43 bits per heavy atom. The molecule has 7 heteroatoms. The third-order valence-electron chi connectivity index (χ3n) is 3.08. The molecular formula is C14H22ClN5S. The summed E-state index contributed by atoms with van der Waals surface area (Å²) in [7, 11) is 2.11. The van der Waals surface area contributed by atoms with E-state index in [9.17, 15) is 0 Å². The highest BCUT2D eigenvalue weighted by atomic mass is 35.5. The fourth-order valence-corrected chi connectivity index (χ4v) is 3.14. The summed E-state index contributed by atoms with van der Waals surface area (Å²) in [4.78, 5) is 3.55. The van der Waals surface area contributed by atoms with E-state index in [4.69, 9.17) is 11.6 Å². The molecule has 0 amide bonds. The molecule has 5 nitrogen and oxygen atoms in total. The predicted octanol–water partition coefficient (Wildman–Crippen LogP) is 2.62. The number of hydrogen-bond acceptors (Lipinski definition) is 5. The lowest BCUT2D eigenvalue weighted by Gasteiger charge is -2.14. The average Bonchev–Trinajstić information content (AvgIpc) is 3.06. The summed E-state index contributed by atoms with van der Waals surface area (Å²) in [6.45, 7) is 6.64. The van der Waals surface area contributed by atoms with Gasteiger partial charge in [-0.25, -0.2) is 0 Å². The van der Waals surface area contributed by atoms with Crippen LogP contribution in [0.2, 0.25) is 4.34 Å². The molecule has 21 heavy (non-hydrogen) atoms. The van der Waals surface area contributed by atoms with Crippen LogP contribution in [-0.2, 0) is 19.6 Å². The lowest BCUT2D eigenvalue weighted by molar-refractivity contribution is 0.306. The minimum atomic E-state index is 0.789. The monoisotopic (exact) mass is 327 g/mol. The highest BCUT2D eigenvalue weighted by molar-refractivity contribution is 7.16. The number of rotatable bonds is 9. The molecule has 0 aliphatic rings. The summed E-state index contributed by atoms with van der Waals surface area (Å²) < 4.78 is 2.75. The van der Waals surface area contributed by atoms with E-state index in [0.29, 0.717) is 0 Å². The van der Waals surface area contributed by atoms with Gasteiger partial charge in [-0.1, -0.05) is 23.7 Å². The van der Waals surface area contributed by atoms with E-state index in [1.54, 1.807) is 11.3 Å². The lowest BCUT2D eigenvalue weighted by Crippen LogP contribution is -2.22. The second-order valence-corrected chi connectivity index (χ2v) is 6.89. The standard InChI is InChI=1S/C14H22ClN5S/c1-3-6-16-9-12-10-20(18-17-12)8-7-19(2)11-13-4-5-14(15)21-13/h4-5,10,16H,3,6-9,11H2,1-2H3. The molecule has 0 aliphatic heterocycles. The average molecular weight is 328 g/mol. The molecule has 2 aromatic rings. The Labute approximate surface area is 134 Å². The van der Waals surface area contributed by atoms with E-state index in [1.807, 2.05) is 16.9 Å². The molecular weight excluding hydrogens is 306 g/mol. The molecule has 0 spiro atoms. The van der Waals surface area contributed by atoms with E-state index in [2.05, 4.69) is 40.6 Å². The van der Waals surface area contributed by atoms with Gasteiger partial charge < -0.3 is 5.32 Å². The largest absolute Gasteiger partial charge is 0.311 e. The Morgan fingerprint density at radius 3 is 3.00 bits per heavy atom. The minimum Gasteiger partial charge on any atom is -0.311 e. The zero-order chi connectivity index (χ0) is 15.1. The maximum Gasteiger partial charge on any atom is 0.0964 e. The van der Waals surface area contributed by atoms with Gasteiger partial charge in [0, 0.05) is 30.7 Å². The molecule has 0 radical (unpaired) electrons. The van der Waals surface area contributed by atoms with E-state index in [0.717, 1.165) is 49.2 Å². The number of aromatic nitrogens is 3. The predicted molar refractivity (Wildman–Crippen MR) is 87.7 cm³/mol. The molecule has 0 saturated carbocycles. The zero-order valence-corrected chi connectivity index (χ0v) is 14.1. The van der Waals surface area contributed by atoms with Gasteiger partial charge in [0.25, 0.3) is 0 Å². The first kappa shape index (κ1) is 16.4. The molecule has 0 bridgehead atoms. The summed E-state index contributed by atoms with van der Waals surface area (Å²) >= 11 is 7.58. The fourth-order valence-electron chi connectivity index (χ4n) is 1.98. The molecule has 0 unspecified atom stereocenters. The molecule has 0 saturated heterocycles. The van der Waals surface area contributed by atoms with Gasteiger partial charge in [0.15, 0.2) is 0 Å². The Hall–Kier alpha value is -0.950. The number of nitrogens with one attached hydrogen (secondary N) is 1. The quantitative estimate of drug-likeness (QED) is 0.719. The molecule has 116 valence electrons. The molecule has 2 aromatic heterocycles. The van der Waals surface area contributed by atoms with Crippen molar-refractivity contribution in [3.63, 3.8) is 0 Å². The molecule has 1 N–H and O–H groups in total. The number of nitrogens with zero attached hydrogens (tertiary/aromatic N) is 4. The van der Waals surface area contributed by atoms with Crippen LogP contribution in [0, 0.1) is 0 Å². The Morgan fingerprint density at radius 2 is 2.29 bits per heavy atom. The van der Waals surface area contributed by atoms with Crippen molar-refractivity contribution in [2.24, 2.45) is 0 Å². The molecule has 2 heterocycles. The summed E-state index contributed by atoms with van der Waals surface area (Å²) in [5.74, 6) is 0. The van der Waals surface area contributed by atoms with Crippen LogP contribution in [0.25, 0.3) is 0 Å². The molecule has 0 fully saturated rings. The van der Waals surface area contributed by atoms with Gasteiger partial charge in [-0.3, -0.25) is 9.58 Å². The van der Waals surface area contributed by atoms with Crippen molar-refractivity contribution in [3.05, 3.63) is 33.2 Å².